The first-order chi connectivity index (χ1) is 12.2. The van der Waals surface area contributed by atoms with Gasteiger partial charge in [0.25, 0.3) is 0 Å². The summed E-state index contributed by atoms with van der Waals surface area (Å²) >= 11 is 0. The maximum absolute atomic E-state index is 12.2. The van der Waals surface area contributed by atoms with Crippen LogP contribution < -0.4 is 0 Å². The molecular formula is C18H19N5O2. The van der Waals surface area contributed by atoms with Gasteiger partial charge in [-0.05, 0) is 36.2 Å². The number of amides is 1. The third-order valence-electron chi connectivity index (χ3n) is 3.86. The Morgan fingerprint density at radius 2 is 1.68 bits per heavy atom. The quantitative estimate of drug-likeness (QED) is 0.657. The third-order valence-corrected chi connectivity index (χ3v) is 3.86. The molecule has 7 heteroatoms. The fourth-order valence-electron chi connectivity index (χ4n) is 2.34. The zero-order chi connectivity index (χ0) is 17.5. The summed E-state index contributed by atoms with van der Waals surface area (Å²) in [6, 6.07) is 7.51. The first-order valence-corrected chi connectivity index (χ1v) is 8.08. The second-order valence-electron chi connectivity index (χ2n) is 5.66. The van der Waals surface area contributed by atoms with Crippen molar-refractivity contribution in [2.24, 2.45) is 0 Å². The van der Waals surface area contributed by atoms with Crippen molar-refractivity contribution in [1.82, 2.24) is 25.1 Å². The predicted molar refractivity (Wildman–Crippen MR) is 91.4 cm³/mol. The average Bonchev–Trinajstić information content (AvgIpc) is 3.15. The summed E-state index contributed by atoms with van der Waals surface area (Å²) in [7, 11) is 1.81. The normalized spacial score (nSPS) is 10.6. The standard InChI is InChI=1S/C18H19N5O2/c1-23(13-8-14-4-9-19-10-5-14)17(24)3-2-16-21-22-18(25-16)15-6-11-20-12-7-15/h4-7,9-12H,2-3,8,13H2,1H3. The molecule has 3 heterocycles. The molecule has 1 amide bonds. The van der Waals surface area contributed by atoms with E-state index in [1.54, 1.807) is 48.9 Å². The molecule has 3 aromatic heterocycles. The van der Waals surface area contributed by atoms with Gasteiger partial charge in [0, 0.05) is 56.8 Å². The van der Waals surface area contributed by atoms with Gasteiger partial charge in [0.1, 0.15) is 0 Å². The number of carbonyl (C=O) groups is 1. The fraction of sp³-hybridized carbons (Fsp3) is 0.278. The van der Waals surface area contributed by atoms with E-state index in [4.69, 9.17) is 4.42 Å². The number of pyridine rings is 2. The zero-order valence-corrected chi connectivity index (χ0v) is 14.0. The highest BCUT2D eigenvalue weighted by atomic mass is 16.4. The molecule has 25 heavy (non-hydrogen) atoms. The van der Waals surface area contributed by atoms with Crippen LogP contribution in [0.25, 0.3) is 11.5 Å². The van der Waals surface area contributed by atoms with E-state index in [0.29, 0.717) is 31.2 Å². The van der Waals surface area contributed by atoms with Crippen molar-refractivity contribution in [2.45, 2.75) is 19.3 Å². The maximum Gasteiger partial charge on any atom is 0.247 e. The molecule has 0 aliphatic rings. The summed E-state index contributed by atoms with van der Waals surface area (Å²) in [6.07, 6.45) is 8.42. The van der Waals surface area contributed by atoms with Crippen molar-refractivity contribution in [3.05, 3.63) is 60.5 Å². The van der Waals surface area contributed by atoms with Crippen LogP contribution in [-0.4, -0.2) is 44.6 Å². The van der Waals surface area contributed by atoms with E-state index in [1.165, 1.54) is 0 Å². The van der Waals surface area contributed by atoms with E-state index in [-0.39, 0.29) is 5.91 Å². The topological polar surface area (TPSA) is 85.0 Å². The molecule has 0 aliphatic carbocycles. The zero-order valence-electron chi connectivity index (χ0n) is 14.0. The van der Waals surface area contributed by atoms with Crippen molar-refractivity contribution >= 4 is 5.91 Å². The molecule has 0 aliphatic heterocycles. The number of hydrogen-bond donors (Lipinski definition) is 0. The molecule has 0 saturated carbocycles. The molecule has 0 aromatic carbocycles. The molecule has 0 unspecified atom stereocenters. The molecule has 128 valence electrons. The Morgan fingerprint density at radius 3 is 2.40 bits per heavy atom. The number of aryl methyl sites for hydroxylation is 1. The van der Waals surface area contributed by atoms with Crippen LogP contribution in [0.2, 0.25) is 0 Å². The summed E-state index contributed by atoms with van der Waals surface area (Å²) in [5.41, 5.74) is 1.98. The molecule has 0 N–H and O–H groups in total. The molecule has 0 bridgehead atoms. The van der Waals surface area contributed by atoms with E-state index in [9.17, 15) is 4.79 Å². The molecule has 0 radical (unpaired) electrons. The van der Waals surface area contributed by atoms with Crippen molar-refractivity contribution in [3.63, 3.8) is 0 Å². The van der Waals surface area contributed by atoms with Gasteiger partial charge in [0.05, 0.1) is 0 Å². The van der Waals surface area contributed by atoms with E-state index in [2.05, 4.69) is 20.2 Å². The minimum Gasteiger partial charge on any atom is -0.421 e. The minimum absolute atomic E-state index is 0.0534. The van der Waals surface area contributed by atoms with E-state index in [0.717, 1.165) is 17.5 Å². The Bertz CT molecular complexity index is 805. The van der Waals surface area contributed by atoms with Gasteiger partial charge in [0.15, 0.2) is 0 Å². The second kappa shape index (κ2) is 8.14. The lowest BCUT2D eigenvalue weighted by atomic mass is 10.2. The number of carbonyl (C=O) groups excluding carboxylic acids is 1. The van der Waals surface area contributed by atoms with Crippen LogP contribution in [0.4, 0.5) is 0 Å². The van der Waals surface area contributed by atoms with Crippen LogP contribution in [-0.2, 0) is 17.6 Å². The lowest BCUT2D eigenvalue weighted by molar-refractivity contribution is -0.129. The van der Waals surface area contributed by atoms with Gasteiger partial charge in [-0.25, -0.2) is 0 Å². The largest absolute Gasteiger partial charge is 0.421 e. The average molecular weight is 337 g/mol. The van der Waals surface area contributed by atoms with Crippen LogP contribution in [0.15, 0.2) is 53.5 Å². The van der Waals surface area contributed by atoms with Gasteiger partial charge < -0.3 is 9.32 Å². The Morgan fingerprint density at radius 1 is 1.00 bits per heavy atom. The van der Waals surface area contributed by atoms with Gasteiger partial charge in [-0.3, -0.25) is 14.8 Å². The van der Waals surface area contributed by atoms with E-state index >= 15 is 0 Å². The maximum atomic E-state index is 12.2. The molecule has 0 spiro atoms. The SMILES string of the molecule is CN(CCc1ccncc1)C(=O)CCc1nnc(-c2ccncc2)o1. The van der Waals surface area contributed by atoms with Crippen molar-refractivity contribution in [2.75, 3.05) is 13.6 Å². The lowest BCUT2D eigenvalue weighted by Crippen LogP contribution is -2.29. The van der Waals surface area contributed by atoms with Gasteiger partial charge in [-0.1, -0.05) is 0 Å². The van der Waals surface area contributed by atoms with Gasteiger partial charge in [-0.15, -0.1) is 10.2 Å². The number of likely N-dealkylation sites (N-methyl/N-ethyl adjacent to an activating group) is 1. The monoisotopic (exact) mass is 337 g/mol. The number of nitrogens with zero attached hydrogens (tertiary/aromatic N) is 5. The molecule has 0 fully saturated rings. The summed E-state index contributed by atoms with van der Waals surface area (Å²) in [5.74, 6) is 0.955. The lowest BCUT2D eigenvalue weighted by Gasteiger charge is -2.16. The van der Waals surface area contributed by atoms with Crippen LogP contribution in [0.1, 0.15) is 17.9 Å². The highest BCUT2D eigenvalue weighted by molar-refractivity contribution is 5.76. The number of aromatic nitrogens is 4. The Hall–Kier alpha value is -3.09. The van der Waals surface area contributed by atoms with Gasteiger partial charge >= 0.3 is 0 Å². The van der Waals surface area contributed by atoms with Crippen molar-refractivity contribution in [3.8, 4) is 11.5 Å². The first kappa shape index (κ1) is 16.8. The minimum atomic E-state index is 0.0534. The predicted octanol–water partition coefficient (Wildman–Crippen LogP) is 2.16. The second-order valence-corrected chi connectivity index (χ2v) is 5.66. The summed E-state index contributed by atoms with van der Waals surface area (Å²) < 4.78 is 5.60. The Balaban J connectivity index is 1.48. The van der Waals surface area contributed by atoms with E-state index in [1.807, 2.05) is 12.1 Å². The van der Waals surface area contributed by atoms with Gasteiger partial charge in [-0.2, -0.15) is 0 Å². The highest BCUT2D eigenvalue weighted by Crippen LogP contribution is 2.17. The molecule has 3 rings (SSSR count). The Kier molecular flexibility index (Phi) is 5.46. The molecular weight excluding hydrogens is 318 g/mol. The van der Waals surface area contributed by atoms with Crippen molar-refractivity contribution < 1.29 is 9.21 Å². The van der Waals surface area contributed by atoms with E-state index < -0.39 is 0 Å². The Labute approximate surface area is 145 Å². The number of hydrogen-bond acceptors (Lipinski definition) is 6. The van der Waals surface area contributed by atoms with Crippen LogP contribution in [0, 0.1) is 0 Å². The molecule has 3 aromatic rings. The molecule has 0 saturated heterocycles. The first-order valence-electron chi connectivity index (χ1n) is 8.08. The van der Waals surface area contributed by atoms with Crippen LogP contribution in [0.5, 0.6) is 0 Å². The number of rotatable bonds is 7. The van der Waals surface area contributed by atoms with Crippen molar-refractivity contribution in [1.29, 1.82) is 0 Å². The molecule has 0 atom stereocenters. The fourth-order valence-corrected chi connectivity index (χ4v) is 2.34. The van der Waals surface area contributed by atoms with Gasteiger partial charge in [0.2, 0.25) is 17.7 Å². The van der Waals surface area contributed by atoms with Crippen LogP contribution in [0.3, 0.4) is 0 Å². The van der Waals surface area contributed by atoms with Crippen LogP contribution >= 0.6 is 0 Å². The summed E-state index contributed by atoms with van der Waals surface area (Å²) in [4.78, 5) is 21.9. The third kappa shape index (κ3) is 4.69. The highest BCUT2D eigenvalue weighted by Gasteiger charge is 2.13. The smallest absolute Gasteiger partial charge is 0.247 e. The summed E-state index contributed by atoms with van der Waals surface area (Å²) in [5, 5.41) is 8.01. The summed E-state index contributed by atoms with van der Waals surface area (Å²) in [6.45, 7) is 0.662. The molecule has 7 nitrogen and oxygen atoms in total.